The molecular formula is C60H44N4. The zero-order valence-corrected chi connectivity index (χ0v) is 35.2. The third-order valence-corrected chi connectivity index (χ3v) is 11.9. The van der Waals surface area contributed by atoms with E-state index in [-0.39, 0.29) is 0 Å². The van der Waals surface area contributed by atoms with Gasteiger partial charge in [0.1, 0.15) is 0 Å². The van der Waals surface area contributed by atoms with Crippen LogP contribution in [0.3, 0.4) is 0 Å². The van der Waals surface area contributed by atoms with Gasteiger partial charge in [0.15, 0.2) is 0 Å². The van der Waals surface area contributed by atoms with Crippen molar-refractivity contribution in [1.82, 2.24) is 4.57 Å². The van der Waals surface area contributed by atoms with Gasteiger partial charge in [0.25, 0.3) is 0 Å². The molecule has 0 amide bonds. The van der Waals surface area contributed by atoms with E-state index in [1.165, 1.54) is 27.4 Å². The summed E-state index contributed by atoms with van der Waals surface area (Å²) in [7, 11) is 0. The molecule has 11 rings (SSSR count). The normalized spacial score (nSPS) is 11.1. The fourth-order valence-electron chi connectivity index (χ4n) is 8.96. The lowest BCUT2D eigenvalue weighted by Gasteiger charge is -2.29. The molecule has 0 unspecified atom stereocenters. The van der Waals surface area contributed by atoms with Crippen LogP contribution in [0.5, 0.6) is 0 Å². The highest BCUT2D eigenvalue weighted by Crippen LogP contribution is 2.42. The minimum atomic E-state index is 1.06. The SMILES string of the molecule is c1ccc(N(c2ccccc2)c2ccc(N(c3ccc(-c4ccc5c(c4)c4ccccc4n5-c4ccccc4)cc3)c3ccc(N(c4ccccc4)c4ccccc4)cc3)cc2)cc1. The van der Waals surface area contributed by atoms with Crippen molar-refractivity contribution in [1.29, 1.82) is 0 Å². The molecule has 4 nitrogen and oxygen atoms in total. The smallest absolute Gasteiger partial charge is 0.0541 e. The summed E-state index contributed by atoms with van der Waals surface area (Å²) in [6.45, 7) is 0. The van der Waals surface area contributed by atoms with E-state index < -0.39 is 0 Å². The summed E-state index contributed by atoms with van der Waals surface area (Å²) < 4.78 is 2.36. The molecule has 0 spiro atoms. The topological polar surface area (TPSA) is 14.7 Å². The summed E-state index contributed by atoms with van der Waals surface area (Å²) in [6, 6.07) is 95.2. The van der Waals surface area contributed by atoms with Crippen molar-refractivity contribution in [3.63, 3.8) is 0 Å². The fraction of sp³-hybridized carbons (Fsp3) is 0. The Hall–Kier alpha value is -8.60. The Bertz CT molecular complexity index is 3070. The summed E-state index contributed by atoms with van der Waals surface area (Å²) in [4.78, 5) is 6.94. The molecule has 0 radical (unpaired) electrons. The van der Waals surface area contributed by atoms with Gasteiger partial charge in [-0.2, -0.15) is 0 Å². The van der Waals surface area contributed by atoms with Crippen LogP contribution in [0.2, 0.25) is 0 Å². The van der Waals surface area contributed by atoms with Gasteiger partial charge in [-0.05, 0) is 151 Å². The molecule has 0 saturated carbocycles. The number of para-hydroxylation sites is 6. The molecule has 1 heterocycles. The van der Waals surface area contributed by atoms with Crippen molar-refractivity contribution in [2.45, 2.75) is 0 Å². The largest absolute Gasteiger partial charge is 0.311 e. The summed E-state index contributed by atoms with van der Waals surface area (Å²) in [5.74, 6) is 0. The zero-order chi connectivity index (χ0) is 42.7. The van der Waals surface area contributed by atoms with Crippen LogP contribution in [0, 0.1) is 0 Å². The molecule has 11 aromatic rings. The molecule has 304 valence electrons. The van der Waals surface area contributed by atoms with Crippen LogP contribution in [-0.2, 0) is 0 Å². The highest BCUT2D eigenvalue weighted by molar-refractivity contribution is 6.10. The van der Waals surface area contributed by atoms with Crippen LogP contribution in [-0.4, -0.2) is 4.57 Å². The van der Waals surface area contributed by atoms with E-state index in [9.17, 15) is 0 Å². The third-order valence-electron chi connectivity index (χ3n) is 11.9. The fourth-order valence-corrected chi connectivity index (χ4v) is 8.96. The molecule has 0 aliphatic rings. The predicted octanol–water partition coefficient (Wildman–Crippen LogP) is 16.9. The monoisotopic (exact) mass is 820 g/mol. The van der Waals surface area contributed by atoms with Gasteiger partial charge in [-0.1, -0.05) is 127 Å². The van der Waals surface area contributed by atoms with Crippen LogP contribution >= 0.6 is 0 Å². The van der Waals surface area contributed by atoms with E-state index in [2.05, 4.69) is 286 Å². The zero-order valence-electron chi connectivity index (χ0n) is 35.2. The Kier molecular flexibility index (Phi) is 10.2. The van der Waals surface area contributed by atoms with Gasteiger partial charge in [-0.3, -0.25) is 0 Å². The minimum absolute atomic E-state index is 1.06. The average Bonchev–Trinajstić information content (AvgIpc) is 3.71. The number of benzene rings is 10. The average molecular weight is 821 g/mol. The van der Waals surface area contributed by atoms with Crippen LogP contribution < -0.4 is 14.7 Å². The van der Waals surface area contributed by atoms with Crippen molar-refractivity contribution in [3.05, 3.63) is 267 Å². The van der Waals surface area contributed by atoms with Crippen LogP contribution in [0.15, 0.2) is 267 Å². The first-order valence-electron chi connectivity index (χ1n) is 21.8. The molecule has 0 N–H and O–H groups in total. The first-order valence-corrected chi connectivity index (χ1v) is 21.8. The highest BCUT2D eigenvalue weighted by Gasteiger charge is 2.19. The molecule has 0 atom stereocenters. The van der Waals surface area contributed by atoms with Gasteiger partial charge < -0.3 is 19.3 Å². The maximum atomic E-state index is 2.36. The van der Waals surface area contributed by atoms with Crippen molar-refractivity contribution < 1.29 is 0 Å². The number of fused-ring (bicyclic) bond motifs is 3. The van der Waals surface area contributed by atoms with E-state index in [1.54, 1.807) is 0 Å². The molecule has 4 heteroatoms. The molecule has 10 aromatic carbocycles. The minimum Gasteiger partial charge on any atom is -0.311 e. The highest BCUT2D eigenvalue weighted by atomic mass is 15.2. The second-order valence-electron chi connectivity index (χ2n) is 15.8. The van der Waals surface area contributed by atoms with Crippen molar-refractivity contribution >= 4 is 73.0 Å². The van der Waals surface area contributed by atoms with Gasteiger partial charge >= 0.3 is 0 Å². The summed E-state index contributed by atoms with van der Waals surface area (Å²) >= 11 is 0. The molecular weight excluding hydrogens is 777 g/mol. The molecule has 0 aliphatic heterocycles. The molecule has 0 saturated heterocycles. The number of aromatic nitrogens is 1. The Morgan fingerprint density at radius 1 is 0.219 bits per heavy atom. The number of hydrogen-bond donors (Lipinski definition) is 0. The standard InChI is InChI=1S/C60H44N4/c1-6-18-47(19-7-1)61(48-20-8-2-9-21-48)53-35-39-55(40-36-53)63(56-41-37-54(38-42-56)62(49-22-10-3-11-23-49)50-24-12-4-13-25-50)52-33-30-45(31-34-52)46-32-43-60-58(44-46)57-28-16-17-29-59(57)64(60)51-26-14-5-15-27-51/h1-44H. The van der Waals surface area contributed by atoms with Crippen molar-refractivity contribution in [2.75, 3.05) is 14.7 Å². The molecule has 0 aliphatic carbocycles. The number of anilines is 9. The second-order valence-corrected chi connectivity index (χ2v) is 15.8. The van der Waals surface area contributed by atoms with Gasteiger partial charge in [0.05, 0.1) is 11.0 Å². The van der Waals surface area contributed by atoms with E-state index in [0.717, 1.165) is 62.4 Å². The number of rotatable bonds is 11. The Morgan fingerprint density at radius 3 is 0.922 bits per heavy atom. The predicted molar refractivity (Wildman–Crippen MR) is 270 cm³/mol. The van der Waals surface area contributed by atoms with Gasteiger partial charge in [0, 0.05) is 67.6 Å². The lowest BCUT2D eigenvalue weighted by Crippen LogP contribution is -2.13. The van der Waals surface area contributed by atoms with Crippen molar-refractivity contribution in [2.24, 2.45) is 0 Å². The third kappa shape index (κ3) is 7.33. The van der Waals surface area contributed by atoms with Gasteiger partial charge in [0.2, 0.25) is 0 Å². The quantitative estimate of drug-likeness (QED) is 0.129. The lowest BCUT2D eigenvalue weighted by molar-refractivity contribution is 1.18. The van der Waals surface area contributed by atoms with E-state index in [0.29, 0.717) is 0 Å². The van der Waals surface area contributed by atoms with E-state index in [4.69, 9.17) is 0 Å². The Morgan fingerprint density at radius 2 is 0.516 bits per heavy atom. The van der Waals surface area contributed by atoms with E-state index >= 15 is 0 Å². The Balaban J connectivity index is 0.990. The first kappa shape index (κ1) is 38.3. The van der Waals surface area contributed by atoms with Gasteiger partial charge in [-0.15, -0.1) is 0 Å². The van der Waals surface area contributed by atoms with Crippen LogP contribution in [0.1, 0.15) is 0 Å². The second kappa shape index (κ2) is 17.0. The maximum Gasteiger partial charge on any atom is 0.0541 e. The first-order chi connectivity index (χ1) is 31.8. The summed E-state index contributed by atoms with van der Waals surface area (Å²) in [5.41, 5.74) is 15.7. The lowest BCUT2D eigenvalue weighted by atomic mass is 10.0. The van der Waals surface area contributed by atoms with Crippen LogP contribution in [0.25, 0.3) is 38.6 Å². The molecule has 0 bridgehead atoms. The Labute approximate surface area is 374 Å². The number of nitrogens with zero attached hydrogens (tertiary/aromatic N) is 4. The van der Waals surface area contributed by atoms with Gasteiger partial charge in [-0.25, -0.2) is 0 Å². The van der Waals surface area contributed by atoms with E-state index in [1.807, 2.05) is 0 Å². The maximum absolute atomic E-state index is 2.36. The molecule has 0 fully saturated rings. The van der Waals surface area contributed by atoms with Crippen molar-refractivity contribution in [3.8, 4) is 16.8 Å². The summed E-state index contributed by atoms with van der Waals surface area (Å²) in [6.07, 6.45) is 0. The molecule has 1 aromatic heterocycles. The van der Waals surface area contributed by atoms with Crippen LogP contribution in [0.4, 0.5) is 51.2 Å². The summed E-state index contributed by atoms with van der Waals surface area (Å²) in [5, 5.41) is 2.48. The number of hydrogen-bond acceptors (Lipinski definition) is 3. The molecule has 64 heavy (non-hydrogen) atoms.